The van der Waals surface area contributed by atoms with Crippen LogP contribution in [0.2, 0.25) is 0 Å². The van der Waals surface area contributed by atoms with Gasteiger partial charge < -0.3 is 10.2 Å². The van der Waals surface area contributed by atoms with Gasteiger partial charge in [-0.05, 0) is 48.5 Å². The zero-order valence-electron chi connectivity index (χ0n) is 15.1. The molecule has 0 saturated heterocycles. The summed E-state index contributed by atoms with van der Waals surface area (Å²) in [5.41, 5.74) is 2.11. The van der Waals surface area contributed by atoms with Crippen LogP contribution in [0.4, 0.5) is 11.6 Å². The minimum Gasteiger partial charge on any atom is -0.344 e. The first kappa shape index (κ1) is 18.5. The van der Waals surface area contributed by atoms with E-state index in [2.05, 4.69) is 33.6 Å². The van der Waals surface area contributed by atoms with Crippen molar-refractivity contribution in [3.63, 3.8) is 0 Å². The molecular formula is C20H19N5OS. The molecule has 2 aromatic heterocycles. The molecule has 0 bridgehead atoms. The Bertz CT molecular complexity index is 1050. The van der Waals surface area contributed by atoms with Gasteiger partial charge in [0.05, 0.1) is 16.3 Å². The maximum absolute atomic E-state index is 12.1. The van der Waals surface area contributed by atoms with E-state index >= 15 is 0 Å². The molecular weight excluding hydrogens is 358 g/mol. The van der Waals surface area contributed by atoms with Crippen molar-refractivity contribution in [1.29, 1.82) is 0 Å². The first-order valence-corrected chi connectivity index (χ1v) is 8.98. The van der Waals surface area contributed by atoms with Gasteiger partial charge in [-0.3, -0.25) is 9.79 Å². The molecule has 0 radical (unpaired) electrons. The lowest BCUT2D eigenvalue weighted by Gasteiger charge is -2.07. The number of carbonyl (C=O) groups excluding carboxylic acids is 1. The average Bonchev–Trinajstić information content (AvgIpc) is 3.08. The topological polar surface area (TPSA) is 70.5 Å². The van der Waals surface area contributed by atoms with Crippen molar-refractivity contribution in [1.82, 2.24) is 14.9 Å². The first-order valence-electron chi connectivity index (χ1n) is 8.17. The van der Waals surface area contributed by atoms with Crippen molar-refractivity contribution < 1.29 is 4.79 Å². The third-order valence-corrected chi connectivity index (χ3v) is 4.86. The summed E-state index contributed by atoms with van der Waals surface area (Å²) >= 11 is 1.48. The lowest BCUT2D eigenvalue weighted by Crippen LogP contribution is -2.20. The molecule has 1 aromatic carbocycles. The van der Waals surface area contributed by atoms with Gasteiger partial charge >= 0.3 is 0 Å². The number of fused-ring (bicyclic) bond motifs is 1. The quantitative estimate of drug-likeness (QED) is 0.512. The van der Waals surface area contributed by atoms with Gasteiger partial charge in [0, 0.05) is 30.7 Å². The van der Waals surface area contributed by atoms with Crippen LogP contribution in [0.25, 0.3) is 15.8 Å². The number of hydrogen-bond donors (Lipinski definition) is 1. The van der Waals surface area contributed by atoms with E-state index in [1.54, 1.807) is 43.4 Å². The Morgan fingerprint density at radius 3 is 2.81 bits per heavy atom. The van der Waals surface area contributed by atoms with Crippen LogP contribution in [-0.2, 0) is 0 Å². The third-order valence-electron chi connectivity index (χ3n) is 3.75. The lowest BCUT2D eigenvalue weighted by atomic mass is 10.2. The molecule has 3 aromatic rings. The number of rotatable bonds is 6. The smallest absolute Gasteiger partial charge is 0.263 e. The summed E-state index contributed by atoms with van der Waals surface area (Å²) in [6, 6.07) is 9.55. The van der Waals surface area contributed by atoms with Gasteiger partial charge in [-0.2, -0.15) is 0 Å². The highest BCUT2D eigenvalue weighted by Gasteiger charge is 2.12. The molecule has 0 saturated carbocycles. The monoisotopic (exact) mass is 377 g/mol. The van der Waals surface area contributed by atoms with Crippen LogP contribution in [-0.4, -0.2) is 41.6 Å². The van der Waals surface area contributed by atoms with Gasteiger partial charge in [0.15, 0.2) is 0 Å². The predicted octanol–water partition coefficient (Wildman–Crippen LogP) is 4.36. The van der Waals surface area contributed by atoms with Crippen molar-refractivity contribution in [2.24, 2.45) is 4.99 Å². The van der Waals surface area contributed by atoms with E-state index in [9.17, 15) is 4.79 Å². The van der Waals surface area contributed by atoms with Crippen LogP contribution in [0.5, 0.6) is 0 Å². The zero-order valence-corrected chi connectivity index (χ0v) is 16.0. The highest BCUT2D eigenvalue weighted by Crippen LogP contribution is 2.29. The summed E-state index contributed by atoms with van der Waals surface area (Å²) in [5, 5.41) is 4.18. The van der Waals surface area contributed by atoms with Crippen LogP contribution in [0.15, 0.2) is 60.3 Å². The summed E-state index contributed by atoms with van der Waals surface area (Å²) in [6.45, 7) is 7.22. The Morgan fingerprint density at radius 2 is 2.11 bits per heavy atom. The number of nitrogens with zero attached hydrogens (tertiary/aromatic N) is 4. The van der Waals surface area contributed by atoms with Crippen molar-refractivity contribution in [2.45, 2.75) is 0 Å². The number of thiophene rings is 1. The maximum Gasteiger partial charge on any atom is 0.263 e. The average molecular weight is 377 g/mol. The summed E-state index contributed by atoms with van der Waals surface area (Å²) in [6.07, 6.45) is 5.03. The molecule has 6 nitrogen and oxygen atoms in total. The van der Waals surface area contributed by atoms with Gasteiger partial charge in [0.1, 0.15) is 0 Å². The Hall–Kier alpha value is -3.32. The summed E-state index contributed by atoms with van der Waals surface area (Å²) in [7, 11) is 3.49. The van der Waals surface area contributed by atoms with Gasteiger partial charge in [-0.25, -0.2) is 9.97 Å². The van der Waals surface area contributed by atoms with Gasteiger partial charge in [0.25, 0.3) is 5.91 Å². The maximum atomic E-state index is 12.1. The predicted molar refractivity (Wildman–Crippen MR) is 113 cm³/mol. The second-order valence-corrected chi connectivity index (χ2v) is 6.98. The lowest BCUT2D eigenvalue weighted by molar-refractivity contribution is 0.0832. The van der Waals surface area contributed by atoms with Crippen LogP contribution < -0.4 is 5.32 Å². The van der Waals surface area contributed by atoms with Crippen LogP contribution in [0.1, 0.15) is 15.4 Å². The number of hydrogen-bond acceptors (Lipinski definition) is 6. The Morgan fingerprint density at radius 1 is 1.30 bits per heavy atom. The van der Waals surface area contributed by atoms with E-state index < -0.39 is 0 Å². The molecule has 1 N–H and O–H groups in total. The molecule has 2 heterocycles. The Labute approximate surface area is 161 Å². The minimum absolute atomic E-state index is 0.000189. The highest BCUT2D eigenvalue weighted by atomic mass is 32.1. The summed E-state index contributed by atoms with van der Waals surface area (Å²) < 4.78 is 1.05. The van der Waals surface area contributed by atoms with Gasteiger partial charge in [0.2, 0.25) is 5.95 Å². The van der Waals surface area contributed by atoms with Crippen LogP contribution in [0.3, 0.4) is 0 Å². The molecule has 0 aliphatic heterocycles. The van der Waals surface area contributed by atoms with Crippen molar-refractivity contribution >= 4 is 51.4 Å². The highest BCUT2D eigenvalue weighted by molar-refractivity contribution is 7.20. The van der Waals surface area contributed by atoms with E-state index in [1.807, 2.05) is 24.3 Å². The summed E-state index contributed by atoms with van der Waals surface area (Å²) in [5.74, 6) is 0.450. The molecule has 0 atom stereocenters. The number of nitrogens with one attached hydrogen (secondary N) is 1. The van der Waals surface area contributed by atoms with Crippen molar-refractivity contribution in [2.75, 3.05) is 19.4 Å². The fraction of sp³-hybridized carbons (Fsp3) is 0.100. The molecule has 0 aliphatic rings. The number of aromatic nitrogens is 2. The van der Waals surface area contributed by atoms with Crippen molar-refractivity contribution in [3.05, 3.63) is 65.8 Å². The van der Waals surface area contributed by atoms with E-state index in [4.69, 9.17) is 0 Å². The number of allylic oxidation sites excluding steroid dienone is 2. The fourth-order valence-electron chi connectivity index (χ4n) is 2.47. The fourth-order valence-corrected chi connectivity index (χ4v) is 3.53. The second kappa shape index (κ2) is 7.92. The molecule has 3 rings (SSSR count). The molecule has 1 amide bonds. The van der Waals surface area contributed by atoms with Crippen LogP contribution in [0, 0.1) is 0 Å². The van der Waals surface area contributed by atoms with Crippen LogP contribution >= 0.6 is 11.3 Å². The molecule has 0 aliphatic carbocycles. The number of benzene rings is 1. The number of anilines is 2. The SMILES string of the molecule is C=C/C=C(\N=C)c1ccnc(Nc2ccc3sc(C(=O)N(C)C)cc3c2)n1. The molecule has 0 fully saturated rings. The normalized spacial score (nSPS) is 11.3. The van der Waals surface area contributed by atoms with Gasteiger partial charge in [-0.1, -0.05) is 12.7 Å². The largest absolute Gasteiger partial charge is 0.344 e. The van der Waals surface area contributed by atoms with Crippen molar-refractivity contribution in [3.8, 4) is 0 Å². The molecule has 136 valence electrons. The molecule has 0 spiro atoms. The number of carbonyl (C=O) groups is 1. The number of aliphatic imine (C=N–C) groups is 1. The third kappa shape index (κ3) is 4.09. The minimum atomic E-state index is 0.000189. The van der Waals surface area contributed by atoms with Gasteiger partial charge in [-0.15, -0.1) is 11.3 Å². The first-order chi connectivity index (χ1) is 13.0. The van der Waals surface area contributed by atoms with E-state index in [0.717, 1.165) is 15.8 Å². The number of amides is 1. The molecule has 0 unspecified atom stereocenters. The second-order valence-electron chi connectivity index (χ2n) is 5.90. The Kier molecular flexibility index (Phi) is 5.42. The molecule has 7 heteroatoms. The molecule has 27 heavy (non-hydrogen) atoms. The van der Waals surface area contributed by atoms with E-state index in [-0.39, 0.29) is 5.91 Å². The van der Waals surface area contributed by atoms with E-state index in [1.165, 1.54) is 11.3 Å². The van der Waals surface area contributed by atoms with E-state index in [0.29, 0.717) is 22.2 Å². The summed E-state index contributed by atoms with van der Waals surface area (Å²) in [4.78, 5) is 27.1. The zero-order chi connectivity index (χ0) is 19.4. The Balaban J connectivity index is 1.88. The standard InChI is InChI=1S/C20H19N5OS/c1-5-6-15(21-2)16-9-10-22-20(24-16)23-14-7-8-17-13(11-14)12-18(27-17)19(26)25(3)4/h5-12H,1-2H2,3-4H3,(H,22,23,24)/b15-6-.